The van der Waals surface area contributed by atoms with Crippen molar-refractivity contribution in [3.63, 3.8) is 0 Å². The van der Waals surface area contributed by atoms with Gasteiger partial charge in [-0.3, -0.25) is 9.79 Å². The highest BCUT2D eigenvalue weighted by molar-refractivity contribution is 14.0. The highest BCUT2D eigenvalue weighted by atomic mass is 127. The van der Waals surface area contributed by atoms with Crippen LogP contribution in [0.4, 0.5) is 0 Å². The van der Waals surface area contributed by atoms with E-state index in [-0.39, 0.29) is 29.9 Å². The number of carbonyl (C=O) groups excluding carboxylic acids is 1. The third-order valence-corrected chi connectivity index (χ3v) is 4.19. The summed E-state index contributed by atoms with van der Waals surface area (Å²) < 4.78 is 0. The van der Waals surface area contributed by atoms with Crippen LogP contribution in [0.25, 0.3) is 0 Å². The molecule has 28 heavy (non-hydrogen) atoms. The summed E-state index contributed by atoms with van der Waals surface area (Å²) >= 11 is 0. The molecule has 3 N–H and O–H groups in total. The summed E-state index contributed by atoms with van der Waals surface area (Å²) in [5, 5.41) is 9.41. The van der Waals surface area contributed by atoms with Crippen LogP contribution in [0.5, 0.6) is 0 Å². The standard InChI is InChI=1S/C22H30N4O.HI/c1-17-13-18(2)15-20(14-17)9-11-24-22(23-3)25-12-10-21(27)26-16-19-7-5-4-6-8-19;/h4-8,13-15H,9-12,16H2,1-3H3,(H,26,27)(H2,23,24,25);1H. The lowest BCUT2D eigenvalue weighted by atomic mass is 10.1. The number of nitrogens with one attached hydrogen (secondary N) is 3. The predicted octanol–water partition coefficient (Wildman–Crippen LogP) is 3.34. The SMILES string of the molecule is CN=C(NCCC(=O)NCc1ccccc1)NCCc1cc(C)cc(C)c1.I. The van der Waals surface area contributed by atoms with Gasteiger partial charge >= 0.3 is 0 Å². The van der Waals surface area contributed by atoms with Crippen LogP contribution in [0.3, 0.4) is 0 Å². The number of halogens is 1. The summed E-state index contributed by atoms with van der Waals surface area (Å²) in [7, 11) is 1.74. The van der Waals surface area contributed by atoms with Crippen LogP contribution in [0.15, 0.2) is 53.5 Å². The summed E-state index contributed by atoms with van der Waals surface area (Å²) in [6.45, 7) is 6.13. The molecule has 152 valence electrons. The molecule has 0 spiro atoms. The maximum absolute atomic E-state index is 11.9. The average molecular weight is 494 g/mol. The Hall–Kier alpha value is -2.09. The minimum Gasteiger partial charge on any atom is -0.356 e. The van der Waals surface area contributed by atoms with Crippen molar-refractivity contribution < 1.29 is 4.79 Å². The first-order chi connectivity index (χ1) is 13.1. The molecule has 0 saturated heterocycles. The van der Waals surface area contributed by atoms with Crippen molar-refractivity contribution in [1.29, 1.82) is 0 Å². The van der Waals surface area contributed by atoms with Crippen molar-refractivity contribution in [2.45, 2.75) is 33.2 Å². The van der Waals surface area contributed by atoms with Gasteiger partial charge in [0, 0.05) is 33.1 Å². The van der Waals surface area contributed by atoms with Gasteiger partial charge < -0.3 is 16.0 Å². The van der Waals surface area contributed by atoms with Crippen molar-refractivity contribution in [1.82, 2.24) is 16.0 Å². The number of hydrogen-bond donors (Lipinski definition) is 3. The Morgan fingerprint density at radius 1 is 0.893 bits per heavy atom. The van der Waals surface area contributed by atoms with Crippen LogP contribution >= 0.6 is 24.0 Å². The van der Waals surface area contributed by atoms with Crippen LogP contribution in [-0.4, -0.2) is 32.0 Å². The highest BCUT2D eigenvalue weighted by Crippen LogP contribution is 2.08. The van der Waals surface area contributed by atoms with Crippen LogP contribution in [-0.2, 0) is 17.8 Å². The first-order valence-corrected chi connectivity index (χ1v) is 9.39. The highest BCUT2D eigenvalue weighted by Gasteiger charge is 2.03. The molecule has 0 radical (unpaired) electrons. The molecule has 2 aromatic carbocycles. The molecule has 0 bridgehead atoms. The van der Waals surface area contributed by atoms with Crippen LogP contribution < -0.4 is 16.0 Å². The third-order valence-electron chi connectivity index (χ3n) is 4.19. The van der Waals surface area contributed by atoms with E-state index < -0.39 is 0 Å². The molecule has 2 aromatic rings. The van der Waals surface area contributed by atoms with Crippen LogP contribution in [0.1, 0.15) is 28.7 Å². The van der Waals surface area contributed by atoms with E-state index in [1.165, 1.54) is 16.7 Å². The lowest BCUT2D eigenvalue weighted by Gasteiger charge is -2.12. The second-order valence-electron chi connectivity index (χ2n) is 6.68. The minimum absolute atomic E-state index is 0. The molecule has 0 aliphatic rings. The summed E-state index contributed by atoms with van der Waals surface area (Å²) in [5.41, 5.74) is 4.99. The number of guanidine groups is 1. The number of aliphatic imine (C=N–C) groups is 1. The number of aryl methyl sites for hydroxylation is 2. The average Bonchev–Trinajstić information content (AvgIpc) is 2.65. The molecule has 0 aliphatic heterocycles. The topological polar surface area (TPSA) is 65.5 Å². The van der Waals surface area contributed by atoms with Crippen LogP contribution in [0, 0.1) is 13.8 Å². The summed E-state index contributed by atoms with van der Waals surface area (Å²) in [6, 6.07) is 16.5. The number of benzene rings is 2. The van der Waals surface area contributed by atoms with E-state index in [0.717, 1.165) is 24.5 Å². The molecule has 1 amide bonds. The smallest absolute Gasteiger partial charge is 0.222 e. The fourth-order valence-corrected chi connectivity index (χ4v) is 2.94. The van der Waals surface area contributed by atoms with Crippen molar-refractivity contribution in [2.75, 3.05) is 20.1 Å². The minimum atomic E-state index is 0. The van der Waals surface area contributed by atoms with Crippen molar-refractivity contribution in [3.8, 4) is 0 Å². The van der Waals surface area contributed by atoms with Gasteiger partial charge in [0.15, 0.2) is 5.96 Å². The van der Waals surface area contributed by atoms with Gasteiger partial charge in [0.05, 0.1) is 0 Å². The lowest BCUT2D eigenvalue weighted by molar-refractivity contribution is -0.121. The predicted molar refractivity (Wildman–Crippen MR) is 127 cm³/mol. The van der Waals surface area contributed by atoms with Gasteiger partial charge in [0.2, 0.25) is 5.91 Å². The molecule has 0 aliphatic carbocycles. The molecule has 5 nitrogen and oxygen atoms in total. The molecule has 0 fully saturated rings. The molecule has 6 heteroatoms. The normalized spacial score (nSPS) is 10.8. The molecular formula is C22H31IN4O. The van der Waals surface area contributed by atoms with Crippen molar-refractivity contribution in [2.24, 2.45) is 4.99 Å². The number of rotatable bonds is 8. The summed E-state index contributed by atoms with van der Waals surface area (Å²) in [5.74, 6) is 0.743. The Kier molecular flexibility index (Phi) is 11.2. The van der Waals surface area contributed by atoms with E-state index in [0.29, 0.717) is 19.5 Å². The number of carbonyl (C=O) groups is 1. The fraction of sp³-hybridized carbons (Fsp3) is 0.364. The van der Waals surface area contributed by atoms with Gasteiger partial charge in [-0.05, 0) is 31.4 Å². The first-order valence-electron chi connectivity index (χ1n) is 9.39. The zero-order valence-electron chi connectivity index (χ0n) is 16.9. The van der Waals surface area contributed by atoms with Crippen molar-refractivity contribution >= 4 is 35.8 Å². The van der Waals surface area contributed by atoms with E-state index in [1.807, 2.05) is 30.3 Å². The van der Waals surface area contributed by atoms with E-state index in [2.05, 4.69) is 53.0 Å². The molecule has 0 aromatic heterocycles. The maximum atomic E-state index is 11.9. The maximum Gasteiger partial charge on any atom is 0.222 e. The molecule has 0 unspecified atom stereocenters. The van der Waals surface area contributed by atoms with Crippen molar-refractivity contribution in [3.05, 3.63) is 70.8 Å². The largest absolute Gasteiger partial charge is 0.356 e. The second kappa shape index (κ2) is 13.1. The van der Waals surface area contributed by atoms with E-state index in [9.17, 15) is 4.79 Å². The van der Waals surface area contributed by atoms with Gasteiger partial charge in [-0.2, -0.15) is 0 Å². The van der Waals surface area contributed by atoms with Gasteiger partial charge in [0.1, 0.15) is 0 Å². The monoisotopic (exact) mass is 494 g/mol. The Balaban J connectivity index is 0.00000392. The summed E-state index contributed by atoms with van der Waals surface area (Å²) in [6.07, 6.45) is 1.34. The molecule has 2 rings (SSSR count). The zero-order chi connectivity index (χ0) is 19.5. The van der Waals surface area contributed by atoms with Gasteiger partial charge in [-0.15, -0.1) is 24.0 Å². The summed E-state index contributed by atoms with van der Waals surface area (Å²) in [4.78, 5) is 16.1. The van der Waals surface area contributed by atoms with Gasteiger partial charge in [-0.1, -0.05) is 59.7 Å². The number of amides is 1. The Morgan fingerprint density at radius 3 is 2.18 bits per heavy atom. The van der Waals surface area contributed by atoms with Crippen LogP contribution in [0.2, 0.25) is 0 Å². The Labute approximate surface area is 185 Å². The molecule has 0 saturated carbocycles. The Morgan fingerprint density at radius 2 is 1.54 bits per heavy atom. The van der Waals surface area contributed by atoms with Gasteiger partial charge in [-0.25, -0.2) is 0 Å². The quantitative estimate of drug-likeness (QED) is 0.300. The number of hydrogen-bond acceptors (Lipinski definition) is 2. The lowest BCUT2D eigenvalue weighted by Crippen LogP contribution is -2.40. The molecule has 0 atom stereocenters. The Bertz CT molecular complexity index is 742. The van der Waals surface area contributed by atoms with E-state index in [4.69, 9.17) is 0 Å². The second-order valence-corrected chi connectivity index (χ2v) is 6.68. The fourth-order valence-electron chi connectivity index (χ4n) is 2.94. The molecular weight excluding hydrogens is 463 g/mol. The first kappa shape index (κ1) is 23.9. The third kappa shape index (κ3) is 9.21. The van der Waals surface area contributed by atoms with E-state index >= 15 is 0 Å². The number of nitrogens with zero attached hydrogens (tertiary/aromatic N) is 1. The molecule has 0 heterocycles. The zero-order valence-corrected chi connectivity index (χ0v) is 19.2. The van der Waals surface area contributed by atoms with Gasteiger partial charge in [0.25, 0.3) is 0 Å². The van der Waals surface area contributed by atoms with E-state index in [1.54, 1.807) is 7.05 Å².